The quantitative estimate of drug-likeness (QED) is 0.677. The summed E-state index contributed by atoms with van der Waals surface area (Å²) in [7, 11) is 3.33. The van der Waals surface area contributed by atoms with Gasteiger partial charge in [0.15, 0.2) is 0 Å². The first-order chi connectivity index (χ1) is 9.95. The number of nitrogens with zero attached hydrogens (tertiary/aromatic N) is 2. The first-order valence-electron chi connectivity index (χ1n) is 6.80. The number of ether oxygens (including phenoxy) is 1. The van der Waals surface area contributed by atoms with Crippen molar-refractivity contribution in [3.05, 3.63) is 33.9 Å². The molecule has 21 heavy (non-hydrogen) atoms. The highest BCUT2D eigenvalue weighted by Crippen LogP contribution is 2.26. The first-order valence-corrected chi connectivity index (χ1v) is 6.80. The Morgan fingerprint density at radius 2 is 2.24 bits per heavy atom. The molecule has 1 saturated heterocycles. The van der Waals surface area contributed by atoms with Crippen LogP contribution >= 0.6 is 0 Å². The van der Waals surface area contributed by atoms with E-state index >= 15 is 0 Å². The predicted molar refractivity (Wildman–Crippen MR) is 78.6 cm³/mol. The summed E-state index contributed by atoms with van der Waals surface area (Å²) in [5, 5.41) is 13.7. The minimum absolute atomic E-state index is 0.000712. The van der Waals surface area contributed by atoms with Crippen molar-refractivity contribution < 1.29 is 14.5 Å². The number of rotatable bonds is 4. The molecule has 0 aromatic heterocycles. The molecule has 1 aromatic carbocycles. The molecule has 114 valence electrons. The van der Waals surface area contributed by atoms with Crippen molar-refractivity contribution in [3.8, 4) is 0 Å². The van der Waals surface area contributed by atoms with Crippen molar-refractivity contribution in [1.29, 1.82) is 0 Å². The molecule has 1 amide bonds. The van der Waals surface area contributed by atoms with E-state index in [1.165, 1.54) is 18.2 Å². The second-order valence-electron chi connectivity index (χ2n) is 5.09. The van der Waals surface area contributed by atoms with Gasteiger partial charge in [-0.1, -0.05) is 0 Å². The molecule has 7 heteroatoms. The zero-order valence-electron chi connectivity index (χ0n) is 12.3. The fraction of sp³-hybridized carbons (Fsp3) is 0.500. The highest BCUT2D eigenvalue weighted by atomic mass is 16.6. The molecule has 2 atom stereocenters. The topological polar surface area (TPSA) is 84.7 Å². The highest BCUT2D eigenvalue weighted by molar-refractivity contribution is 5.96. The van der Waals surface area contributed by atoms with Crippen LogP contribution in [0.5, 0.6) is 0 Å². The molecule has 0 bridgehead atoms. The number of hydrogen-bond acceptors (Lipinski definition) is 5. The van der Waals surface area contributed by atoms with Gasteiger partial charge in [0.25, 0.3) is 11.6 Å². The molecule has 2 unspecified atom stereocenters. The third-order valence-corrected chi connectivity index (χ3v) is 3.86. The van der Waals surface area contributed by atoms with E-state index in [1.807, 2.05) is 6.92 Å². The maximum absolute atomic E-state index is 12.5. The van der Waals surface area contributed by atoms with Crippen molar-refractivity contribution in [2.24, 2.45) is 0 Å². The highest BCUT2D eigenvalue weighted by Gasteiger charge is 2.31. The summed E-state index contributed by atoms with van der Waals surface area (Å²) in [6.45, 7) is 2.59. The van der Waals surface area contributed by atoms with Gasteiger partial charge in [-0.05, 0) is 25.5 Å². The Balaban J connectivity index is 2.25. The number of benzene rings is 1. The SMILES string of the molecule is CNc1cc(C(=O)N(C)C2CCOC2C)ccc1[N+](=O)[O-]. The van der Waals surface area contributed by atoms with Crippen LogP contribution in [0.3, 0.4) is 0 Å². The molecule has 1 aliphatic rings. The maximum Gasteiger partial charge on any atom is 0.292 e. The van der Waals surface area contributed by atoms with E-state index in [2.05, 4.69) is 5.32 Å². The Morgan fingerprint density at radius 3 is 2.76 bits per heavy atom. The summed E-state index contributed by atoms with van der Waals surface area (Å²) in [5.41, 5.74) is 0.704. The lowest BCUT2D eigenvalue weighted by Gasteiger charge is -2.27. The van der Waals surface area contributed by atoms with E-state index < -0.39 is 4.92 Å². The number of amides is 1. The molecule has 7 nitrogen and oxygen atoms in total. The van der Waals surface area contributed by atoms with Gasteiger partial charge in [0, 0.05) is 32.3 Å². The number of nitro benzene ring substituents is 1. The van der Waals surface area contributed by atoms with Crippen molar-refractivity contribution in [2.45, 2.75) is 25.5 Å². The predicted octanol–water partition coefficient (Wildman–Crippen LogP) is 1.89. The molecule has 1 aliphatic heterocycles. The monoisotopic (exact) mass is 293 g/mol. The molecular formula is C14H19N3O4. The average Bonchev–Trinajstić information content (AvgIpc) is 2.90. The third kappa shape index (κ3) is 2.97. The maximum atomic E-state index is 12.5. The third-order valence-electron chi connectivity index (χ3n) is 3.86. The normalized spacial score (nSPS) is 21.1. The van der Waals surface area contributed by atoms with Crippen LogP contribution in [-0.2, 0) is 4.74 Å². The van der Waals surface area contributed by atoms with Gasteiger partial charge in [-0.3, -0.25) is 14.9 Å². The van der Waals surface area contributed by atoms with Gasteiger partial charge in [0.1, 0.15) is 5.69 Å². The Morgan fingerprint density at radius 1 is 1.52 bits per heavy atom. The molecule has 0 aliphatic carbocycles. The second kappa shape index (κ2) is 6.09. The van der Waals surface area contributed by atoms with E-state index in [4.69, 9.17) is 4.74 Å². The van der Waals surface area contributed by atoms with E-state index in [9.17, 15) is 14.9 Å². The number of anilines is 1. The summed E-state index contributed by atoms with van der Waals surface area (Å²) < 4.78 is 5.47. The van der Waals surface area contributed by atoms with Gasteiger partial charge in [-0.15, -0.1) is 0 Å². The number of nitrogens with one attached hydrogen (secondary N) is 1. The van der Waals surface area contributed by atoms with Crippen LogP contribution in [0.25, 0.3) is 0 Å². The van der Waals surface area contributed by atoms with Crippen molar-refractivity contribution in [1.82, 2.24) is 4.90 Å². The summed E-state index contributed by atoms with van der Waals surface area (Å²) in [5.74, 6) is -0.163. The first kappa shape index (κ1) is 15.2. The molecule has 2 rings (SSSR count). The lowest BCUT2D eigenvalue weighted by molar-refractivity contribution is -0.383. The zero-order valence-corrected chi connectivity index (χ0v) is 12.3. The van der Waals surface area contributed by atoms with E-state index in [1.54, 1.807) is 19.0 Å². The van der Waals surface area contributed by atoms with E-state index in [0.29, 0.717) is 17.9 Å². The number of likely N-dealkylation sites (N-methyl/N-ethyl adjacent to an activating group) is 1. The van der Waals surface area contributed by atoms with E-state index in [-0.39, 0.29) is 23.7 Å². The fourth-order valence-corrected chi connectivity index (χ4v) is 2.61. The standard InChI is InChI=1S/C14H19N3O4/c1-9-12(6-7-21-9)16(3)14(18)10-4-5-13(17(19)20)11(8-10)15-2/h4-5,8-9,12,15H,6-7H2,1-3H3. The lowest BCUT2D eigenvalue weighted by atomic mass is 10.1. The van der Waals surface area contributed by atoms with Gasteiger partial charge in [0.05, 0.1) is 17.1 Å². The molecule has 0 spiro atoms. The molecule has 1 fully saturated rings. The van der Waals surface area contributed by atoms with Crippen LogP contribution in [0.1, 0.15) is 23.7 Å². The van der Waals surface area contributed by atoms with Crippen LogP contribution in [-0.4, -0.2) is 48.6 Å². The Kier molecular flexibility index (Phi) is 4.42. The van der Waals surface area contributed by atoms with Gasteiger partial charge >= 0.3 is 0 Å². The second-order valence-corrected chi connectivity index (χ2v) is 5.09. The van der Waals surface area contributed by atoms with E-state index in [0.717, 1.165) is 6.42 Å². The smallest absolute Gasteiger partial charge is 0.292 e. The van der Waals surface area contributed by atoms with Crippen molar-refractivity contribution in [3.63, 3.8) is 0 Å². The fourth-order valence-electron chi connectivity index (χ4n) is 2.61. The molecule has 0 saturated carbocycles. The molecule has 1 N–H and O–H groups in total. The van der Waals surface area contributed by atoms with Crippen LogP contribution < -0.4 is 5.32 Å². The Labute approximate surface area is 123 Å². The minimum Gasteiger partial charge on any atom is -0.383 e. The molecule has 0 radical (unpaired) electrons. The van der Waals surface area contributed by atoms with Crippen LogP contribution in [0, 0.1) is 10.1 Å². The summed E-state index contributed by atoms with van der Waals surface area (Å²) in [6, 6.07) is 4.38. The number of nitro groups is 1. The van der Waals surface area contributed by atoms with Crippen molar-refractivity contribution in [2.75, 3.05) is 26.0 Å². The Bertz CT molecular complexity index is 561. The van der Waals surface area contributed by atoms with Gasteiger partial charge < -0.3 is 15.0 Å². The van der Waals surface area contributed by atoms with Gasteiger partial charge in [-0.25, -0.2) is 0 Å². The summed E-state index contributed by atoms with van der Waals surface area (Å²) >= 11 is 0. The lowest BCUT2D eigenvalue weighted by Crippen LogP contribution is -2.41. The van der Waals surface area contributed by atoms with Crippen LogP contribution in [0.15, 0.2) is 18.2 Å². The molecular weight excluding hydrogens is 274 g/mol. The summed E-state index contributed by atoms with van der Waals surface area (Å²) in [6.07, 6.45) is 0.802. The van der Waals surface area contributed by atoms with Gasteiger partial charge in [0.2, 0.25) is 0 Å². The largest absolute Gasteiger partial charge is 0.383 e. The van der Waals surface area contributed by atoms with Crippen LogP contribution in [0.4, 0.5) is 11.4 Å². The van der Waals surface area contributed by atoms with Crippen molar-refractivity contribution >= 4 is 17.3 Å². The molecule has 1 aromatic rings. The average molecular weight is 293 g/mol. The molecule has 1 heterocycles. The minimum atomic E-state index is -0.476. The number of carbonyl (C=O) groups excluding carboxylic acids is 1. The number of carbonyl (C=O) groups is 1. The summed E-state index contributed by atoms with van der Waals surface area (Å²) in [4.78, 5) is 24.6. The van der Waals surface area contributed by atoms with Gasteiger partial charge in [-0.2, -0.15) is 0 Å². The Hall–Kier alpha value is -2.15. The van der Waals surface area contributed by atoms with Crippen LogP contribution in [0.2, 0.25) is 0 Å². The number of hydrogen-bond donors (Lipinski definition) is 1. The zero-order chi connectivity index (χ0) is 15.6.